The van der Waals surface area contributed by atoms with Crippen molar-refractivity contribution in [2.45, 2.75) is 6.92 Å². The number of amides is 2. The molecule has 2 heterocycles. The van der Waals surface area contributed by atoms with E-state index in [2.05, 4.69) is 10.3 Å². The second kappa shape index (κ2) is 7.86. The van der Waals surface area contributed by atoms with Crippen LogP contribution >= 0.6 is 0 Å². The molecule has 0 radical (unpaired) electrons. The van der Waals surface area contributed by atoms with E-state index in [1.165, 1.54) is 0 Å². The first kappa shape index (κ1) is 17.7. The molecule has 1 fully saturated rings. The summed E-state index contributed by atoms with van der Waals surface area (Å²) in [6.45, 7) is 4.17. The van der Waals surface area contributed by atoms with Gasteiger partial charge in [0.25, 0.3) is 5.91 Å². The molecule has 1 aromatic carbocycles. The summed E-state index contributed by atoms with van der Waals surface area (Å²) in [4.78, 5) is 31.1. The Morgan fingerprint density at radius 1 is 1.19 bits per heavy atom. The zero-order chi connectivity index (χ0) is 18.5. The number of nitrogens with one attached hydrogen (secondary N) is 1. The van der Waals surface area contributed by atoms with Crippen LogP contribution in [0.1, 0.15) is 15.9 Å². The van der Waals surface area contributed by atoms with Gasteiger partial charge in [-0.2, -0.15) is 0 Å². The summed E-state index contributed by atoms with van der Waals surface area (Å²) in [5.41, 5.74) is 3.15. The lowest BCUT2D eigenvalue weighted by Crippen LogP contribution is -2.48. The van der Waals surface area contributed by atoms with Crippen molar-refractivity contribution < 1.29 is 14.3 Å². The fraction of sp³-hybridized carbons (Fsp3) is 0.316. The number of carbonyl (C=O) groups is 2. The molecule has 0 unspecified atom stereocenters. The van der Waals surface area contributed by atoms with E-state index in [1.807, 2.05) is 25.1 Å². The summed E-state index contributed by atoms with van der Waals surface area (Å²) in [6.07, 6.45) is 4.05. The van der Waals surface area contributed by atoms with Crippen molar-refractivity contribution in [3.63, 3.8) is 0 Å². The van der Waals surface area contributed by atoms with Gasteiger partial charge in [-0.3, -0.25) is 14.6 Å². The molecule has 1 aromatic heterocycles. The average molecular weight is 354 g/mol. The van der Waals surface area contributed by atoms with Gasteiger partial charge in [-0.05, 0) is 30.7 Å². The number of carbonyl (C=O) groups excluding carboxylic acids is 2. The van der Waals surface area contributed by atoms with Crippen molar-refractivity contribution in [3.05, 3.63) is 47.8 Å². The maximum Gasteiger partial charge on any atom is 0.255 e. The average Bonchev–Trinajstić information content (AvgIpc) is 2.68. The molecular weight excluding hydrogens is 332 g/mol. The van der Waals surface area contributed by atoms with Gasteiger partial charge >= 0.3 is 0 Å². The van der Waals surface area contributed by atoms with Crippen LogP contribution in [0.15, 0.2) is 36.7 Å². The van der Waals surface area contributed by atoms with Gasteiger partial charge in [-0.25, -0.2) is 0 Å². The number of methoxy groups -OCH3 is 1. The third kappa shape index (κ3) is 3.93. The lowest BCUT2D eigenvalue weighted by atomic mass is 10.2. The van der Waals surface area contributed by atoms with E-state index in [4.69, 9.17) is 4.74 Å². The second-order valence-corrected chi connectivity index (χ2v) is 6.22. The third-order valence-electron chi connectivity index (χ3n) is 4.37. The van der Waals surface area contributed by atoms with Crippen LogP contribution in [-0.4, -0.2) is 60.4 Å². The summed E-state index contributed by atoms with van der Waals surface area (Å²) >= 11 is 0. The van der Waals surface area contributed by atoms with Gasteiger partial charge in [-0.1, -0.05) is 6.07 Å². The quantitative estimate of drug-likeness (QED) is 0.832. The normalized spacial score (nSPS) is 14.1. The predicted molar refractivity (Wildman–Crippen MR) is 98.8 cm³/mol. The van der Waals surface area contributed by atoms with Crippen LogP contribution in [0.3, 0.4) is 0 Å². The van der Waals surface area contributed by atoms with E-state index in [0.717, 1.165) is 23.4 Å². The number of rotatable bonds is 5. The predicted octanol–water partition coefficient (Wildman–Crippen LogP) is 2.06. The number of aryl methyl sites for hydroxylation is 1. The van der Waals surface area contributed by atoms with E-state index >= 15 is 0 Å². The number of hydrogen-bond acceptors (Lipinski definition) is 5. The lowest BCUT2D eigenvalue weighted by Gasteiger charge is -2.32. The zero-order valence-corrected chi connectivity index (χ0v) is 14.9. The highest BCUT2D eigenvalue weighted by atomic mass is 16.5. The van der Waals surface area contributed by atoms with Crippen molar-refractivity contribution in [1.29, 1.82) is 0 Å². The van der Waals surface area contributed by atoms with E-state index in [0.29, 0.717) is 37.4 Å². The molecule has 0 saturated carbocycles. The highest BCUT2D eigenvalue weighted by molar-refractivity contribution is 5.95. The van der Waals surface area contributed by atoms with Crippen LogP contribution in [0.4, 0.5) is 11.4 Å². The number of anilines is 2. The number of pyridine rings is 1. The van der Waals surface area contributed by atoms with Crippen molar-refractivity contribution in [1.82, 2.24) is 14.8 Å². The first-order chi connectivity index (χ1) is 12.6. The maximum atomic E-state index is 12.7. The topological polar surface area (TPSA) is 74.8 Å². The van der Waals surface area contributed by atoms with E-state index in [1.54, 1.807) is 35.4 Å². The summed E-state index contributed by atoms with van der Waals surface area (Å²) in [5.74, 6) is 0.639. The summed E-state index contributed by atoms with van der Waals surface area (Å²) in [7, 11) is 1.62. The van der Waals surface area contributed by atoms with Gasteiger partial charge in [0, 0.05) is 32.4 Å². The molecule has 7 heteroatoms. The van der Waals surface area contributed by atoms with Crippen LogP contribution in [0.25, 0.3) is 0 Å². The van der Waals surface area contributed by atoms with Gasteiger partial charge in [0.05, 0.1) is 30.2 Å². The molecule has 7 nitrogen and oxygen atoms in total. The van der Waals surface area contributed by atoms with Gasteiger partial charge in [0.2, 0.25) is 6.41 Å². The number of nitrogens with zero attached hydrogens (tertiary/aromatic N) is 3. The number of hydrogen-bond donors (Lipinski definition) is 1. The SMILES string of the molecule is COc1ccc(C)cc1Nc1cncc(C(=O)N2CCN(C=O)CC2)c1. The Hall–Kier alpha value is -3.09. The molecule has 2 amide bonds. The monoisotopic (exact) mass is 354 g/mol. The van der Waals surface area contributed by atoms with E-state index in [-0.39, 0.29) is 5.91 Å². The Bertz CT molecular complexity index is 801. The van der Waals surface area contributed by atoms with Crippen LogP contribution in [0, 0.1) is 6.92 Å². The third-order valence-corrected chi connectivity index (χ3v) is 4.37. The molecule has 0 aliphatic carbocycles. The largest absolute Gasteiger partial charge is 0.495 e. The summed E-state index contributed by atoms with van der Waals surface area (Å²) < 4.78 is 5.37. The van der Waals surface area contributed by atoms with Gasteiger partial charge < -0.3 is 19.9 Å². The van der Waals surface area contributed by atoms with E-state index < -0.39 is 0 Å². The molecular formula is C19H22N4O3. The Morgan fingerprint density at radius 2 is 1.96 bits per heavy atom. The number of benzene rings is 1. The van der Waals surface area contributed by atoms with Crippen molar-refractivity contribution in [2.24, 2.45) is 0 Å². The first-order valence-corrected chi connectivity index (χ1v) is 8.46. The Balaban J connectivity index is 1.75. The fourth-order valence-corrected chi connectivity index (χ4v) is 2.91. The molecule has 0 spiro atoms. The molecule has 1 N–H and O–H groups in total. The molecule has 0 atom stereocenters. The standard InChI is InChI=1S/C19H22N4O3/c1-14-3-4-18(26-2)17(9-14)21-16-10-15(11-20-12-16)19(25)23-7-5-22(13-24)6-8-23/h3-4,9-13,21H,5-8H2,1-2H3. The molecule has 0 bridgehead atoms. The number of aromatic nitrogens is 1. The van der Waals surface area contributed by atoms with Crippen molar-refractivity contribution >= 4 is 23.7 Å². The Morgan fingerprint density at radius 3 is 2.65 bits per heavy atom. The molecule has 136 valence electrons. The molecule has 1 saturated heterocycles. The second-order valence-electron chi connectivity index (χ2n) is 6.22. The van der Waals surface area contributed by atoms with Crippen LogP contribution < -0.4 is 10.1 Å². The Kier molecular flexibility index (Phi) is 5.36. The minimum absolute atomic E-state index is 0.0806. The smallest absolute Gasteiger partial charge is 0.255 e. The fourth-order valence-electron chi connectivity index (χ4n) is 2.91. The van der Waals surface area contributed by atoms with Gasteiger partial charge in [-0.15, -0.1) is 0 Å². The van der Waals surface area contributed by atoms with Crippen molar-refractivity contribution in [3.8, 4) is 5.75 Å². The molecule has 3 rings (SSSR count). The zero-order valence-electron chi connectivity index (χ0n) is 14.9. The maximum absolute atomic E-state index is 12.7. The molecule has 1 aliphatic heterocycles. The molecule has 1 aliphatic rings. The van der Waals surface area contributed by atoms with E-state index in [9.17, 15) is 9.59 Å². The van der Waals surface area contributed by atoms with Crippen LogP contribution in [0.2, 0.25) is 0 Å². The van der Waals surface area contributed by atoms with Gasteiger partial charge in [0.1, 0.15) is 5.75 Å². The number of ether oxygens (including phenoxy) is 1. The molecule has 2 aromatic rings. The molecule has 26 heavy (non-hydrogen) atoms. The lowest BCUT2D eigenvalue weighted by molar-refractivity contribution is -0.119. The highest BCUT2D eigenvalue weighted by Crippen LogP contribution is 2.28. The van der Waals surface area contributed by atoms with Gasteiger partial charge in [0.15, 0.2) is 0 Å². The number of piperazine rings is 1. The Labute approximate surface area is 152 Å². The van der Waals surface area contributed by atoms with Crippen LogP contribution in [0.5, 0.6) is 5.75 Å². The minimum atomic E-state index is -0.0806. The minimum Gasteiger partial charge on any atom is -0.495 e. The summed E-state index contributed by atoms with van der Waals surface area (Å²) in [6, 6.07) is 7.63. The first-order valence-electron chi connectivity index (χ1n) is 8.46. The van der Waals surface area contributed by atoms with Crippen molar-refractivity contribution in [2.75, 3.05) is 38.6 Å². The highest BCUT2D eigenvalue weighted by Gasteiger charge is 2.21. The summed E-state index contributed by atoms with van der Waals surface area (Å²) in [5, 5.41) is 3.27. The van der Waals surface area contributed by atoms with Crippen LogP contribution in [-0.2, 0) is 4.79 Å².